The van der Waals surface area contributed by atoms with Crippen LogP contribution in [0.4, 0.5) is 5.69 Å². The van der Waals surface area contributed by atoms with E-state index in [2.05, 4.69) is 15.9 Å². The van der Waals surface area contributed by atoms with Crippen LogP contribution in [-0.4, -0.2) is 30.8 Å². The normalized spacial score (nSPS) is 20.3. The van der Waals surface area contributed by atoms with Crippen molar-refractivity contribution in [2.75, 3.05) is 18.6 Å². The van der Waals surface area contributed by atoms with Crippen LogP contribution in [0.25, 0.3) is 0 Å². The third-order valence-electron chi connectivity index (χ3n) is 2.55. The van der Waals surface area contributed by atoms with Crippen molar-refractivity contribution >= 4 is 27.5 Å². The van der Waals surface area contributed by atoms with Crippen molar-refractivity contribution in [3.05, 3.63) is 22.7 Å². The molecule has 1 fully saturated rings. The molecule has 1 aliphatic rings. The van der Waals surface area contributed by atoms with E-state index in [4.69, 9.17) is 4.74 Å². The first-order valence-corrected chi connectivity index (χ1v) is 5.73. The zero-order chi connectivity index (χ0) is 11.7. The first-order chi connectivity index (χ1) is 7.61. The van der Waals surface area contributed by atoms with Crippen molar-refractivity contribution in [1.82, 2.24) is 0 Å². The van der Waals surface area contributed by atoms with E-state index in [-0.39, 0.29) is 12.3 Å². The van der Waals surface area contributed by atoms with Gasteiger partial charge in [-0.1, -0.05) is 0 Å². The predicted molar refractivity (Wildman–Crippen MR) is 63.7 cm³/mol. The van der Waals surface area contributed by atoms with Crippen LogP contribution >= 0.6 is 15.9 Å². The molecular formula is C11H12BrNO3. The monoisotopic (exact) mass is 285 g/mol. The van der Waals surface area contributed by atoms with Gasteiger partial charge in [0.05, 0.1) is 30.7 Å². The summed E-state index contributed by atoms with van der Waals surface area (Å²) in [6.07, 6.45) is -0.375. The predicted octanol–water partition coefficient (Wildman–Crippen LogP) is 1.56. The average molecular weight is 286 g/mol. The van der Waals surface area contributed by atoms with Gasteiger partial charge in [-0.05, 0) is 28.1 Å². The standard InChI is InChI=1S/C11H12BrNO3/c1-16-10-4-7(2-3-9(10)12)13-6-8(14)5-11(13)15/h2-4,8,14H,5-6H2,1H3. The van der Waals surface area contributed by atoms with Gasteiger partial charge < -0.3 is 14.7 Å². The molecule has 1 heterocycles. The van der Waals surface area contributed by atoms with Crippen LogP contribution in [-0.2, 0) is 4.79 Å². The van der Waals surface area contributed by atoms with Gasteiger partial charge in [0.25, 0.3) is 0 Å². The van der Waals surface area contributed by atoms with Gasteiger partial charge in [0.1, 0.15) is 5.75 Å². The first-order valence-electron chi connectivity index (χ1n) is 4.94. The second-order valence-electron chi connectivity index (χ2n) is 3.68. The minimum atomic E-state index is -0.567. The number of benzene rings is 1. The molecule has 1 aliphatic heterocycles. The number of anilines is 1. The molecule has 1 N–H and O–H groups in total. The van der Waals surface area contributed by atoms with E-state index < -0.39 is 6.10 Å². The molecule has 2 rings (SSSR count). The Morgan fingerprint density at radius 2 is 2.31 bits per heavy atom. The largest absolute Gasteiger partial charge is 0.495 e. The molecule has 1 atom stereocenters. The Kier molecular flexibility index (Phi) is 3.16. The maximum Gasteiger partial charge on any atom is 0.229 e. The number of amides is 1. The second-order valence-corrected chi connectivity index (χ2v) is 4.54. The smallest absolute Gasteiger partial charge is 0.229 e. The van der Waals surface area contributed by atoms with Gasteiger partial charge in [-0.3, -0.25) is 4.79 Å². The maximum atomic E-state index is 11.6. The third-order valence-corrected chi connectivity index (χ3v) is 3.21. The lowest BCUT2D eigenvalue weighted by Gasteiger charge is -2.17. The number of nitrogens with zero attached hydrogens (tertiary/aromatic N) is 1. The number of rotatable bonds is 2. The van der Waals surface area contributed by atoms with E-state index in [1.165, 1.54) is 0 Å². The van der Waals surface area contributed by atoms with Crippen molar-refractivity contribution in [2.24, 2.45) is 0 Å². The highest BCUT2D eigenvalue weighted by Gasteiger charge is 2.29. The van der Waals surface area contributed by atoms with Crippen LogP contribution in [0.5, 0.6) is 5.75 Å². The molecule has 4 nitrogen and oxygen atoms in total. The second kappa shape index (κ2) is 4.43. The summed E-state index contributed by atoms with van der Waals surface area (Å²) in [5.41, 5.74) is 0.751. The van der Waals surface area contributed by atoms with Crippen LogP contribution in [0.1, 0.15) is 6.42 Å². The summed E-state index contributed by atoms with van der Waals surface area (Å²) in [5.74, 6) is 0.614. The molecule has 0 bridgehead atoms. The van der Waals surface area contributed by atoms with Gasteiger partial charge in [-0.2, -0.15) is 0 Å². The summed E-state index contributed by atoms with van der Waals surface area (Å²) in [6, 6.07) is 5.43. The molecule has 0 aromatic heterocycles. The number of aliphatic hydroxyl groups is 1. The van der Waals surface area contributed by atoms with Gasteiger partial charge in [0, 0.05) is 11.8 Å². The fourth-order valence-electron chi connectivity index (χ4n) is 1.75. The van der Waals surface area contributed by atoms with Crippen LogP contribution in [0, 0.1) is 0 Å². The van der Waals surface area contributed by atoms with E-state index in [0.717, 1.165) is 10.2 Å². The summed E-state index contributed by atoms with van der Waals surface area (Å²) < 4.78 is 6.00. The Morgan fingerprint density at radius 1 is 1.56 bits per heavy atom. The lowest BCUT2D eigenvalue weighted by atomic mass is 10.3. The Labute approximate surface area is 102 Å². The van der Waals surface area contributed by atoms with Gasteiger partial charge in [-0.15, -0.1) is 0 Å². The highest BCUT2D eigenvalue weighted by Crippen LogP contribution is 2.31. The zero-order valence-corrected chi connectivity index (χ0v) is 10.4. The molecule has 0 radical (unpaired) electrons. The molecule has 16 heavy (non-hydrogen) atoms. The molecule has 1 aromatic carbocycles. The molecule has 1 saturated heterocycles. The molecular weight excluding hydrogens is 274 g/mol. The number of hydrogen-bond acceptors (Lipinski definition) is 3. The van der Waals surface area contributed by atoms with Crippen LogP contribution in [0.2, 0.25) is 0 Å². The molecule has 0 aliphatic carbocycles. The third kappa shape index (κ3) is 2.05. The first kappa shape index (κ1) is 11.4. The SMILES string of the molecule is COc1cc(N2CC(O)CC2=O)ccc1Br. The molecule has 1 aromatic rings. The summed E-state index contributed by atoms with van der Waals surface area (Å²) in [5, 5.41) is 9.41. The highest BCUT2D eigenvalue weighted by molar-refractivity contribution is 9.10. The number of methoxy groups -OCH3 is 1. The van der Waals surface area contributed by atoms with Crippen molar-refractivity contribution < 1.29 is 14.6 Å². The molecule has 1 unspecified atom stereocenters. The van der Waals surface area contributed by atoms with Crippen LogP contribution in [0.3, 0.4) is 0 Å². The summed E-state index contributed by atoms with van der Waals surface area (Å²) >= 11 is 3.35. The van der Waals surface area contributed by atoms with E-state index in [0.29, 0.717) is 12.3 Å². The fourth-order valence-corrected chi connectivity index (χ4v) is 2.16. The van der Waals surface area contributed by atoms with Gasteiger partial charge in [0.15, 0.2) is 0 Å². The van der Waals surface area contributed by atoms with E-state index in [1.807, 2.05) is 12.1 Å². The molecule has 86 valence electrons. The number of ether oxygens (including phenoxy) is 1. The van der Waals surface area contributed by atoms with Crippen LogP contribution < -0.4 is 9.64 Å². The lowest BCUT2D eigenvalue weighted by molar-refractivity contribution is -0.117. The number of halogens is 1. The average Bonchev–Trinajstić information content (AvgIpc) is 2.59. The number of hydrogen-bond donors (Lipinski definition) is 1. The van der Waals surface area contributed by atoms with Crippen molar-refractivity contribution in [3.8, 4) is 5.75 Å². The zero-order valence-electron chi connectivity index (χ0n) is 8.81. The molecule has 1 amide bonds. The van der Waals surface area contributed by atoms with Gasteiger partial charge >= 0.3 is 0 Å². The quantitative estimate of drug-likeness (QED) is 0.897. The highest BCUT2D eigenvalue weighted by atomic mass is 79.9. The van der Waals surface area contributed by atoms with Crippen LogP contribution in [0.15, 0.2) is 22.7 Å². The van der Waals surface area contributed by atoms with E-state index in [9.17, 15) is 9.90 Å². The van der Waals surface area contributed by atoms with Crippen molar-refractivity contribution in [3.63, 3.8) is 0 Å². The van der Waals surface area contributed by atoms with E-state index in [1.54, 1.807) is 18.1 Å². The minimum Gasteiger partial charge on any atom is -0.495 e. The van der Waals surface area contributed by atoms with E-state index >= 15 is 0 Å². The topological polar surface area (TPSA) is 49.8 Å². The van der Waals surface area contributed by atoms with Crippen molar-refractivity contribution in [1.29, 1.82) is 0 Å². The summed E-state index contributed by atoms with van der Waals surface area (Å²) in [4.78, 5) is 13.2. The summed E-state index contributed by atoms with van der Waals surface area (Å²) in [6.45, 7) is 0.351. The number of β-amino-alcohol motifs (C(OH)–C–C–N with tert-alkyl or cyclic N) is 1. The number of aliphatic hydroxyl groups excluding tert-OH is 1. The summed E-state index contributed by atoms with van der Waals surface area (Å²) in [7, 11) is 1.57. The Balaban J connectivity index is 2.30. The van der Waals surface area contributed by atoms with Gasteiger partial charge in [0.2, 0.25) is 5.91 Å². The molecule has 0 spiro atoms. The Bertz CT molecular complexity index is 422. The maximum absolute atomic E-state index is 11.6. The lowest BCUT2D eigenvalue weighted by Crippen LogP contribution is -2.25. The fraction of sp³-hybridized carbons (Fsp3) is 0.364. The Hall–Kier alpha value is -1.07. The molecule has 5 heteroatoms. The van der Waals surface area contributed by atoms with Crippen molar-refractivity contribution in [2.45, 2.75) is 12.5 Å². The Morgan fingerprint density at radius 3 is 2.88 bits per heavy atom. The number of carbonyl (C=O) groups excluding carboxylic acids is 1. The van der Waals surface area contributed by atoms with Gasteiger partial charge in [-0.25, -0.2) is 0 Å². The molecule has 0 saturated carbocycles. The minimum absolute atomic E-state index is 0.0584. The number of carbonyl (C=O) groups is 1.